The van der Waals surface area contributed by atoms with E-state index in [0.29, 0.717) is 24.0 Å². The average Bonchev–Trinajstić information content (AvgIpc) is 3.31. The summed E-state index contributed by atoms with van der Waals surface area (Å²) in [5.74, 6) is -0.933. The number of amides is 2. The molecule has 10 heteroatoms. The Morgan fingerprint density at radius 1 is 1.24 bits per heavy atom. The number of nitrogens with zero attached hydrogens (tertiary/aromatic N) is 2. The first-order valence-corrected chi connectivity index (χ1v) is 13.9. The molecule has 204 valence electrons. The third-order valence-electron chi connectivity index (χ3n) is 6.93. The first kappa shape index (κ1) is 27.8. The second-order valence-electron chi connectivity index (χ2n) is 9.87. The van der Waals surface area contributed by atoms with E-state index in [2.05, 4.69) is 31.7 Å². The van der Waals surface area contributed by atoms with E-state index in [-0.39, 0.29) is 19.6 Å². The number of aromatic nitrogens is 1. The molecule has 3 heterocycles. The zero-order valence-corrected chi connectivity index (χ0v) is 22.9. The lowest BCUT2D eigenvalue weighted by Crippen LogP contribution is -2.52. The molecule has 1 unspecified atom stereocenters. The van der Waals surface area contributed by atoms with Crippen LogP contribution in [0.25, 0.3) is 17.0 Å². The number of pyridine rings is 1. The molecule has 2 amide bonds. The van der Waals surface area contributed by atoms with Gasteiger partial charge in [-0.25, -0.2) is 14.6 Å². The lowest BCUT2D eigenvalue weighted by Gasteiger charge is -2.27. The molecule has 2 aliphatic rings. The monoisotopic (exact) mass is 541 g/mol. The van der Waals surface area contributed by atoms with E-state index in [4.69, 9.17) is 9.47 Å². The number of carbonyl (C=O) groups excluding carboxylic acids is 2. The molecule has 0 saturated carbocycles. The van der Waals surface area contributed by atoms with Gasteiger partial charge in [-0.15, -0.1) is 0 Å². The number of carbonyl (C=O) groups is 3. The van der Waals surface area contributed by atoms with Gasteiger partial charge >= 0.3 is 12.1 Å². The van der Waals surface area contributed by atoms with Crippen molar-refractivity contribution in [1.29, 1.82) is 0 Å². The predicted molar refractivity (Wildman–Crippen MR) is 149 cm³/mol. The maximum absolute atomic E-state index is 13.5. The Labute approximate surface area is 225 Å². The van der Waals surface area contributed by atoms with Gasteiger partial charge < -0.3 is 24.8 Å². The maximum Gasteiger partial charge on any atom is 0.407 e. The predicted octanol–water partition coefficient (Wildman–Crippen LogP) is 4.04. The van der Waals surface area contributed by atoms with Crippen molar-refractivity contribution in [2.24, 2.45) is 0 Å². The quantitative estimate of drug-likeness (QED) is 0.561. The largest absolute Gasteiger partial charge is 0.488 e. The summed E-state index contributed by atoms with van der Waals surface area (Å²) >= 11 is 0. The first-order chi connectivity index (χ1) is 18.4. The van der Waals surface area contributed by atoms with Crippen molar-refractivity contribution in [3.05, 3.63) is 35.9 Å². The highest BCUT2D eigenvalue weighted by Gasteiger charge is 2.43. The van der Waals surface area contributed by atoms with Crippen molar-refractivity contribution in [3.8, 4) is 5.75 Å². The zero-order chi connectivity index (χ0) is 27.1. The molecule has 0 aliphatic carbocycles. The first-order valence-electron chi connectivity index (χ1n) is 13.4. The Morgan fingerprint density at radius 2 is 2.08 bits per heavy atom. The highest BCUT2D eigenvalue weighted by Crippen LogP contribution is 2.30. The molecule has 0 spiro atoms. The Bertz CT molecular complexity index is 1200. The molecule has 2 N–H and O–H groups in total. The van der Waals surface area contributed by atoms with Crippen molar-refractivity contribution in [1.82, 2.24) is 15.2 Å². The van der Waals surface area contributed by atoms with Crippen LogP contribution in [0.2, 0.25) is 0 Å². The minimum atomic E-state index is -1.10. The molecule has 4 atom stereocenters. The van der Waals surface area contributed by atoms with Crippen LogP contribution in [0.4, 0.5) is 4.79 Å². The number of cyclic esters (lactones) is 1. The standard InChI is InChI=1S/C28H36N3O6P/c1-2-3-10-22-26(32)31-17-19(15-23(31)27(33)34)37-24-16-25(38)29-21-12-11-18(14-20(21)24)9-7-5-4-6-8-13-36-28(35)30-22/h7,9,11-12,14,16,19,22-23H,2-6,8,10,13,15,17,38H2,1H3,(H,30,35)(H,33,34)/b9-7+/t19-,22+,23+/m1/s1. The molecule has 0 radical (unpaired) electrons. The lowest BCUT2D eigenvalue weighted by atomic mass is 10.1. The van der Waals surface area contributed by atoms with E-state index in [9.17, 15) is 19.5 Å². The van der Waals surface area contributed by atoms with Gasteiger partial charge in [0, 0.05) is 17.9 Å². The molecule has 1 fully saturated rings. The fourth-order valence-electron chi connectivity index (χ4n) is 4.95. The summed E-state index contributed by atoms with van der Waals surface area (Å²) in [5, 5.41) is 13.4. The molecule has 1 aromatic carbocycles. The van der Waals surface area contributed by atoms with Crippen LogP contribution < -0.4 is 15.5 Å². The Hall–Kier alpha value is -3.19. The van der Waals surface area contributed by atoms with Gasteiger partial charge in [-0.05, 0) is 49.8 Å². The molecule has 4 bridgehead atoms. The zero-order valence-electron chi connectivity index (χ0n) is 21.7. The van der Waals surface area contributed by atoms with Gasteiger partial charge in [-0.3, -0.25) is 4.79 Å². The number of fused-ring (bicyclic) bond motifs is 3. The molecule has 2 aliphatic heterocycles. The summed E-state index contributed by atoms with van der Waals surface area (Å²) in [6, 6.07) is 5.88. The Kier molecular flexibility index (Phi) is 9.56. The number of ether oxygens (including phenoxy) is 2. The van der Waals surface area contributed by atoms with Crippen molar-refractivity contribution in [2.45, 2.75) is 76.5 Å². The van der Waals surface area contributed by atoms with E-state index in [1.165, 1.54) is 4.90 Å². The minimum absolute atomic E-state index is 0.102. The number of nitrogens with one attached hydrogen (secondary N) is 1. The number of aliphatic carboxylic acids is 1. The van der Waals surface area contributed by atoms with Gasteiger partial charge in [0.25, 0.3) is 0 Å². The number of unbranched alkanes of at least 4 members (excludes halogenated alkanes) is 1. The van der Waals surface area contributed by atoms with Gasteiger partial charge in [0.05, 0.1) is 24.1 Å². The van der Waals surface area contributed by atoms with Crippen LogP contribution in [0.1, 0.15) is 63.9 Å². The van der Waals surface area contributed by atoms with Crippen molar-refractivity contribution in [3.63, 3.8) is 0 Å². The van der Waals surface area contributed by atoms with Crippen molar-refractivity contribution in [2.75, 3.05) is 13.2 Å². The third kappa shape index (κ3) is 7.01. The van der Waals surface area contributed by atoms with E-state index < -0.39 is 36.2 Å². The number of carboxylic acids is 1. The van der Waals surface area contributed by atoms with Crippen LogP contribution >= 0.6 is 9.24 Å². The summed E-state index contributed by atoms with van der Waals surface area (Å²) in [5.41, 5.74) is 2.49. The van der Waals surface area contributed by atoms with Crippen LogP contribution in [0.3, 0.4) is 0 Å². The maximum atomic E-state index is 13.5. The van der Waals surface area contributed by atoms with Gasteiger partial charge in [0.2, 0.25) is 5.91 Å². The topological polar surface area (TPSA) is 118 Å². The average molecular weight is 542 g/mol. The van der Waals surface area contributed by atoms with Crippen LogP contribution in [-0.2, 0) is 14.3 Å². The highest BCUT2D eigenvalue weighted by atomic mass is 31.0. The Morgan fingerprint density at radius 3 is 2.87 bits per heavy atom. The minimum Gasteiger partial charge on any atom is -0.488 e. The number of alkyl carbamates (subject to hydrolysis) is 1. The second-order valence-corrected chi connectivity index (χ2v) is 10.5. The molecular formula is C28H36N3O6P. The van der Waals surface area contributed by atoms with Gasteiger partial charge in [-0.1, -0.05) is 47.2 Å². The number of hydrogen-bond donors (Lipinski definition) is 2. The number of hydrogen-bond acceptors (Lipinski definition) is 6. The number of rotatable bonds is 4. The van der Waals surface area contributed by atoms with Crippen LogP contribution in [0, 0.1) is 0 Å². The summed E-state index contributed by atoms with van der Waals surface area (Å²) in [6.07, 6.45) is 8.58. The highest BCUT2D eigenvalue weighted by molar-refractivity contribution is 7.27. The SMILES string of the molecule is CCCC[C@@H]1NC(=O)OCCCCC/C=C/c2ccc3nc(P)cc(c3c2)O[C@@H]2C[C@@H](C(=O)O)N(C2)C1=O. The van der Waals surface area contributed by atoms with Crippen LogP contribution in [-0.4, -0.2) is 64.3 Å². The third-order valence-corrected chi connectivity index (χ3v) is 7.23. The van der Waals surface area contributed by atoms with E-state index >= 15 is 0 Å². The number of allylic oxidation sites excluding steroid dienone is 1. The summed E-state index contributed by atoms with van der Waals surface area (Å²) in [4.78, 5) is 44.1. The van der Waals surface area contributed by atoms with Crippen LogP contribution in [0.5, 0.6) is 5.75 Å². The van der Waals surface area contributed by atoms with E-state index in [1.54, 1.807) is 0 Å². The van der Waals surface area contributed by atoms with Gasteiger partial charge in [0.15, 0.2) is 0 Å². The Balaban J connectivity index is 1.66. The van der Waals surface area contributed by atoms with Gasteiger partial charge in [0.1, 0.15) is 23.9 Å². The lowest BCUT2D eigenvalue weighted by molar-refractivity contribution is -0.149. The molecule has 38 heavy (non-hydrogen) atoms. The summed E-state index contributed by atoms with van der Waals surface area (Å²) in [7, 11) is 2.58. The molecule has 4 rings (SSSR count). The fraction of sp³-hybridized carbons (Fsp3) is 0.500. The number of carboxylic acid groups (broad SMARTS) is 1. The second kappa shape index (κ2) is 13.1. The summed E-state index contributed by atoms with van der Waals surface area (Å²) in [6.45, 7) is 2.36. The van der Waals surface area contributed by atoms with E-state index in [0.717, 1.165) is 48.6 Å². The smallest absolute Gasteiger partial charge is 0.407 e. The van der Waals surface area contributed by atoms with Crippen molar-refractivity contribution >= 4 is 49.6 Å². The van der Waals surface area contributed by atoms with E-state index in [1.807, 2.05) is 31.2 Å². The van der Waals surface area contributed by atoms with Crippen LogP contribution in [0.15, 0.2) is 30.3 Å². The normalized spacial score (nSPS) is 23.9. The molecular weight excluding hydrogens is 505 g/mol. The fourth-order valence-corrected chi connectivity index (χ4v) is 5.24. The number of benzene rings is 1. The van der Waals surface area contributed by atoms with Gasteiger partial charge in [-0.2, -0.15) is 0 Å². The molecule has 9 nitrogen and oxygen atoms in total. The molecule has 2 aromatic rings. The van der Waals surface area contributed by atoms with Crippen molar-refractivity contribution < 1.29 is 29.0 Å². The molecule has 1 aromatic heterocycles. The molecule has 1 saturated heterocycles. The summed E-state index contributed by atoms with van der Waals surface area (Å²) < 4.78 is 11.7.